The van der Waals surface area contributed by atoms with Crippen molar-refractivity contribution in [1.82, 2.24) is 4.90 Å². The maximum atomic E-state index is 11.2. The molecule has 0 aromatic carbocycles. The molecule has 2 nitrogen and oxygen atoms in total. The first-order chi connectivity index (χ1) is 8.24. The second kappa shape index (κ2) is 8.68. The number of ketones is 1. The van der Waals surface area contributed by atoms with Crippen LogP contribution in [0.2, 0.25) is 0 Å². The average Bonchev–Trinajstić information content (AvgIpc) is 2.30. The van der Waals surface area contributed by atoms with Crippen molar-refractivity contribution in [3.8, 4) is 0 Å². The summed E-state index contributed by atoms with van der Waals surface area (Å²) in [5, 5.41) is 0. The lowest BCUT2D eigenvalue weighted by Gasteiger charge is -2.35. The minimum atomic E-state index is 0.355. The van der Waals surface area contributed by atoms with Crippen molar-refractivity contribution in [2.24, 2.45) is 0 Å². The SMILES string of the molecule is CCCCCCCN1CCCCC1CC(C)=O. The number of carbonyl (C=O) groups excluding carboxylic acids is 1. The topological polar surface area (TPSA) is 20.3 Å². The smallest absolute Gasteiger partial charge is 0.131 e. The van der Waals surface area contributed by atoms with Gasteiger partial charge in [0.15, 0.2) is 0 Å². The molecule has 0 aromatic heterocycles. The number of rotatable bonds is 8. The van der Waals surface area contributed by atoms with Crippen LogP contribution >= 0.6 is 0 Å². The van der Waals surface area contributed by atoms with Crippen LogP contribution in [0.15, 0.2) is 0 Å². The monoisotopic (exact) mass is 239 g/mol. The number of piperidine rings is 1. The first kappa shape index (κ1) is 14.7. The van der Waals surface area contributed by atoms with Crippen molar-refractivity contribution in [1.29, 1.82) is 0 Å². The summed E-state index contributed by atoms with van der Waals surface area (Å²) >= 11 is 0. The quantitative estimate of drug-likeness (QED) is 0.601. The molecule has 0 aliphatic carbocycles. The van der Waals surface area contributed by atoms with Gasteiger partial charge in [0.2, 0.25) is 0 Å². The molecule has 1 unspecified atom stereocenters. The van der Waals surface area contributed by atoms with E-state index in [0.717, 1.165) is 6.42 Å². The van der Waals surface area contributed by atoms with Crippen LogP contribution in [0.25, 0.3) is 0 Å². The Balaban J connectivity index is 2.20. The standard InChI is InChI=1S/C15H29NO/c1-3-4-5-6-8-11-16-12-9-7-10-15(16)13-14(2)17/h15H,3-13H2,1-2H3. The van der Waals surface area contributed by atoms with E-state index in [1.54, 1.807) is 6.92 Å². The third-order valence-corrected chi connectivity index (χ3v) is 3.82. The lowest BCUT2D eigenvalue weighted by molar-refractivity contribution is -0.118. The highest BCUT2D eigenvalue weighted by molar-refractivity contribution is 5.76. The number of unbranched alkanes of at least 4 members (excludes halogenated alkanes) is 4. The maximum absolute atomic E-state index is 11.2. The Morgan fingerprint density at radius 2 is 1.94 bits per heavy atom. The molecule has 1 aliphatic heterocycles. The zero-order valence-corrected chi connectivity index (χ0v) is 11.7. The lowest BCUT2D eigenvalue weighted by atomic mass is 9.97. The Morgan fingerprint density at radius 3 is 2.65 bits per heavy atom. The molecule has 1 rings (SSSR count). The van der Waals surface area contributed by atoms with Gasteiger partial charge in [-0.15, -0.1) is 0 Å². The Bertz CT molecular complexity index is 215. The normalized spacial score (nSPS) is 21.6. The number of carbonyl (C=O) groups is 1. The molecule has 0 amide bonds. The fourth-order valence-corrected chi connectivity index (χ4v) is 2.84. The highest BCUT2D eigenvalue weighted by Crippen LogP contribution is 2.20. The molecule has 1 aliphatic rings. The summed E-state index contributed by atoms with van der Waals surface area (Å²) in [5.41, 5.74) is 0. The van der Waals surface area contributed by atoms with Crippen LogP contribution in [0.4, 0.5) is 0 Å². The van der Waals surface area contributed by atoms with Crippen LogP contribution in [0.5, 0.6) is 0 Å². The summed E-state index contributed by atoms with van der Waals surface area (Å²) in [7, 11) is 0. The minimum absolute atomic E-state index is 0.355. The van der Waals surface area contributed by atoms with Gasteiger partial charge in [0.05, 0.1) is 0 Å². The van der Waals surface area contributed by atoms with Crippen molar-refractivity contribution >= 4 is 5.78 Å². The molecule has 1 atom stereocenters. The van der Waals surface area contributed by atoms with Crippen LogP contribution in [0.3, 0.4) is 0 Å². The number of nitrogens with zero attached hydrogens (tertiary/aromatic N) is 1. The van der Waals surface area contributed by atoms with Crippen LogP contribution in [-0.2, 0) is 4.79 Å². The summed E-state index contributed by atoms with van der Waals surface area (Å²) in [4.78, 5) is 13.8. The third-order valence-electron chi connectivity index (χ3n) is 3.82. The highest BCUT2D eigenvalue weighted by atomic mass is 16.1. The molecule has 0 saturated carbocycles. The maximum Gasteiger partial charge on any atom is 0.131 e. The Morgan fingerprint density at radius 1 is 1.18 bits per heavy atom. The molecule has 0 aromatic rings. The second-order valence-corrected chi connectivity index (χ2v) is 5.51. The molecule has 17 heavy (non-hydrogen) atoms. The number of hydrogen-bond donors (Lipinski definition) is 0. The molecule has 0 radical (unpaired) electrons. The highest BCUT2D eigenvalue weighted by Gasteiger charge is 2.22. The van der Waals surface area contributed by atoms with Gasteiger partial charge in [-0.1, -0.05) is 39.0 Å². The molecule has 0 bridgehead atoms. The average molecular weight is 239 g/mol. The van der Waals surface area contributed by atoms with Crippen molar-refractivity contribution in [3.63, 3.8) is 0 Å². The van der Waals surface area contributed by atoms with E-state index in [4.69, 9.17) is 0 Å². The van der Waals surface area contributed by atoms with Gasteiger partial charge in [-0.25, -0.2) is 0 Å². The number of Topliss-reactive ketones (excluding diaryl/α,β-unsaturated/α-hetero) is 1. The van der Waals surface area contributed by atoms with Crippen LogP contribution in [0.1, 0.15) is 71.6 Å². The van der Waals surface area contributed by atoms with Crippen molar-refractivity contribution < 1.29 is 4.79 Å². The molecule has 0 N–H and O–H groups in total. The van der Waals surface area contributed by atoms with Crippen LogP contribution < -0.4 is 0 Å². The van der Waals surface area contributed by atoms with Gasteiger partial charge in [0.1, 0.15) is 5.78 Å². The molecular formula is C15H29NO. The van der Waals surface area contributed by atoms with Gasteiger partial charge >= 0.3 is 0 Å². The first-order valence-electron chi connectivity index (χ1n) is 7.47. The Labute approximate surface area is 107 Å². The summed E-state index contributed by atoms with van der Waals surface area (Å²) in [6.07, 6.45) is 11.4. The van der Waals surface area contributed by atoms with Gasteiger partial charge in [-0.2, -0.15) is 0 Å². The van der Waals surface area contributed by atoms with E-state index in [-0.39, 0.29) is 0 Å². The predicted octanol–water partition coefficient (Wildman–Crippen LogP) is 3.79. The molecule has 0 spiro atoms. The van der Waals surface area contributed by atoms with Crippen molar-refractivity contribution in [2.75, 3.05) is 13.1 Å². The molecule has 1 heterocycles. The Kier molecular flexibility index (Phi) is 7.50. The van der Waals surface area contributed by atoms with Crippen LogP contribution in [0, 0.1) is 0 Å². The van der Waals surface area contributed by atoms with Gasteiger partial charge in [-0.3, -0.25) is 9.69 Å². The zero-order chi connectivity index (χ0) is 12.5. The van der Waals surface area contributed by atoms with Gasteiger partial charge < -0.3 is 0 Å². The van der Waals surface area contributed by atoms with Gasteiger partial charge in [-0.05, 0) is 39.3 Å². The van der Waals surface area contributed by atoms with E-state index in [1.807, 2.05) is 0 Å². The zero-order valence-electron chi connectivity index (χ0n) is 11.7. The van der Waals surface area contributed by atoms with Crippen molar-refractivity contribution in [3.05, 3.63) is 0 Å². The van der Waals surface area contributed by atoms with E-state index < -0.39 is 0 Å². The summed E-state index contributed by atoms with van der Waals surface area (Å²) in [5.74, 6) is 0.355. The fraction of sp³-hybridized carbons (Fsp3) is 0.933. The molecule has 100 valence electrons. The Hall–Kier alpha value is -0.370. The van der Waals surface area contributed by atoms with Crippen molar-refractivity contribution in [2.45, 2.75) is 77.7 Å². The molecule has 1 fully saturated rings. The number of likely N-dealkylation sites (tertiary alicyclic amines) is 1. The second-order valence-electron chi connectivity index (χ2n) is 5.51. The minimum Gasteiger partial charge on any atom is -0.300 e. The molecule has 2 heteroatoms. The molecule has 1 saturated heterocycles. The van der Waals surface area contributed by atoms with E-state index in [0.29, 0.717) is 11.8 Å². The van der Waals surface area contributed by atoms with Crippen LogP contribution in [-0.4, -0.2) is 29.8 Å². The summed E-state index contributed by atoms with van der Waals surface area (Å²) in [6, 6.07) is 0.549. The molecular weight excluding hydrogens is 210 g/mol. The lowest BCUT2D eigenvalue weighted by Crippen LogP contribution is -2.41. The largest absolute Gasteiger partial charge is 0.300 e. The number of hydrogen-bond acceptors (Lipinski definition) is 2. The van der Waals surface area contributed by atoms with E-state index in [2.05, 4.69) is 11.8 Å². The summed E-state index contributed by atoms with van der Waals surface area (Å²) in [6.45, 7) is 6.41. The van der Waals surface area contributed by atoms with E-state index in [1.165, 1.54) is 64.5 Å². The third kappa shape index (κ3) is 6.21. The van der Waals surface area contributed by atoms with E-state index >= 15 is 0 Å². The van der Waals surface area contributed by atoms with Gasteiger partial charge in [0, 0.05) is 12.5 Å². The van der Waals surface area contributed by atoms with Gasteiger partial charge in [0.25, 0.3) is 0 Å². The summed E-state index contributed by atoms with van der Waals surface area (Å²) < 4.78 is 0. The fourth-order valence-electron chi connectivity index (χ4n) is 2.84. The van der Waals surface area contributed by atoms with E-state index in [9.17, 15) is 4.79 Å². The first-order valence-corrected chi connectivity index (χ1v) is 7.47. The predicted molar refractivity (Wildman–Crippen MR) is 73.3 cm³/mol.